The van der Waals surface area contributed by atoms with E-state index in [1.807, 2.05) is 51.1 Å². The summed E-state index contributed by atoms with van der Waals surface area (Å²) in [7, 11) is 0. The number of hydrogen-bond acceptors (Lipinski definition) is 4. The Labute approximate surface area is 126 Å². The van der Waals surface area contributed by atoms with Gasteiger partial charge in [0.1, 0.15) is 0 Å². The summed E-state index contributed by atoms with van der Waals surface area (Å²) >= 11 is 0. The fourth-order valence-corrected chi connectivity index (χ4v) is 2.35. The lowest BCUT2D eigenvalue weighted by Gasteiger charge is -2.16. The fourth-order valence-electron chi connectivity index (χ4n) is 2.35. The summed E-state index contributed by atoms with van der Waals surface area (Å²) in [5.41, 5.74) is 3.11. The van der Waals surface area contributed by atoms with Crippen molar-refractivity contribution in [2.75, 3.05) is 13.2 Å². The number of ether oxygens (including phenoxy) is 2. The quantitative estimate of drug-likeness (QED) is 0.689. The monoisotopic (exact) mass is 289 g/mol. The Morgan fingerprint density at radius 2 is 1.76 bits per heavy atom. The van der Waals surface area contributed by atoms with Gasteiger partial charge in [0.05, 0.1) is 5.69 Å². The van der Waals surface area contributed by atoms with Crippen LogP contribution in [0, 0.1) is 6.92 Å². The third kappa shape index (κ3) is 4.16. The van der Waals surface area contributed by atoms with E-state index in [4.69, 9.17) is 14.0 Å². The van der Waals surface area contributed by atoms with Crippen LogP contribution in [0.2, 0.25) is 0 Å². The maximum absolute atomic E-state index is 5.59. The van der Waals surface area contributed by atoms with Gasteiger partial charge in [-0.3, -0.25) is 0 Å². The molecule has 0 aliphatic carbocycles. The van der Waals surface area contributed by atoms with Gasteiger partial charge in [-0.05, 0) is 27.2 Å². The van der Waals surface area contributed by atoms with Crippen LogP contribution in [0.15, 0.2) is 34.9 Å². The number of aromatic nitrogens is 1. The Balaban J connectivity index is 2.11. The molecule has 21 heavy (non-hydrogen) atoms. The Hall–Kier alpha value is -1.65. The summed E-state index contributed by atoms with van der Waals surface area (Å²) in [6.45, 7) is 7.23. The van der Waals surface area contributed by atoms with Crippen molar-refractivity contribution in [3.8, 4) is 11.3 Å². The lowest BCUT2D eigenvalue weighted by atomic mass is 10.0. The molecule has 2 rings (SSSR count). The van der Waals surface area contributed by atoms with Crippen molar-refractivity contribution in [1.29, 1.82) is 0 Å². The van der Waals surface area contributed by atoms with Crippen LogP contribution in [-0.2, 0) is 15.9 Å². The summed E-state index contributed by atoms with van der Waals surface area (Å²) in [5.74, 6) is 0.847. The summed E-state index contributed by atoms with van der Waals surface area (Å²) in [5, 5.41) is 4.11. The number of aryl methyl sites for hydroxylation is 1. The highest BCUT2D eigenvalue weighted by Gasteiger charge is 2.17. The fraction of sp³-hybridized carbons (Fsp3) is 0.471. The van der Waals surface area contributed by atoms with Crippen molar-refractivity contribution in [2.45, 2.75) is 39.9 Å². The molecule has 0 saturated heterocycles. The third-order valence-electron chi connectivity index (χ3n) is 3.36. The van der Waals surface area contributed by atoms with Gasteiger partial charge in [0.2, 0.25) is 0 Å². The van der Waals surface area contributed by atoms with E-state index in [0.717, 1.165) is 35.4 Å². The number of hydrogen-bond donors (Lipinski definition) is 0. The summed E-state index contributed by atoms with van der Waals surface area (Å²) in [6, 6.07) is 10.1. The van der Waals surface area contributed by atoms with Gasteiger partial charge in [0.25, 0.3) is 0 Å². The molecule has 114 valence electrons. The van der Waals surface area contributed by atoms with E-state index in [0.29, 0.717) is 13.2 Å². The van der Waals surface area contributed by atoms with Crippen LogP contribution in [0.3, 0.4) is 0 Å². The second-order valence-electron chi connectivity index (χ2n) is 4.82. The molecule has 0 atom stereocenters. The zero-order chi connectivity index (χ0) is 15.1. The Bertz CT molecular complexity index is 530. The zero-order valence-electron chi connectivity index (χ0n) is 13.0. The van der Waals surface area contributed by atoms with Gasteiger partial charge < -0.3 is 14.0 Å². The Kier molecular flexibility index (Phi) is 5.96. The normalized spacial score (nSPS) is 11.2. The van der Waals surface area contributed by atoms with Crippen LogP contribution in [-0.4, -0.2) is 24.7 Å². The molecule has 0 saturated carbocycles. The van der Waals surface area contributed by atoms with E-state index in [1.165, 1.54) is 0 Å². The lowest BCUT2D eigenvalue weighted by molar-refractivity contribution is -0.139. The molecule has 0 N–H and O–H groups in total. The van der Waals surface area contributed by atoms with Gasteiger partial charge >= 0.3 is 0 Å². The predicted molar refractivity (Wildman–Crippen MR) is 82.0 cm³/mol. The summed E-state index contributed by atoms with van der Waals surface area (Å²) in [6.07, 6.45) is 1.45. The molecule has 0 amide bonds. The van der Waals surface area contributed by atoms with Crippen molar-refractivity contribution in [3.05, 3.63) is 41.6 Å². The average molecular weight is 289 g/mol. The molecule has 4 heteroatoms. The van der Waals surface area contributed by atoms with E-state index in [2.05, 4.69) is 5.16 Å². The topological polar surface area (TPSA) is 44.5 Å². The van der Waals surface area contributed by atoms with E-state index in [1.54, 1.807) is 0 Å². The van der Waals surface area contributed by atoms with Crippen molar-refractivity contribution < 1.29 is 14.0 Å². The summed E-state index contributed by atoms with van der Waals surface area (Å²) in [4.78, 5) is 0. The highest BCUT2D eigenvalue weighted by atomic mass is 16.7. The first kappa shape index (κ1) is 15.7. The molecular formula is C17H23NO3. The predicted octanol–water partition coefficient (Wildman–Crippen LogP) is 3.98. The maximum Gasteiger partial charge on any atom is 0.170 e. The minimum atomic E-state index is -0.169. The van der Waals surface area contributed by atoms with Crippen LogP contribution in [0.4, 0.5) is 0 Å². The molecular weight excluding hydrogens is 266 g/mol. The van der Waals surface area contributed by atoms with Crippen molar-refractivity contribution in [3.63, 3.8) is 0 Å². The van der Waals surface area contributed by atoms with Crippen LogP contribution in [0.5, 0.6) is 0 Å². The number of nitrogens with zero attached hydrogens (tertiary/aromatic N) is 1. The van der Waals surface area contributed by atoms with Crippen LogP contribution in [0.1, 0.15) is 31.5 Å². The third-order valence-corrected chi connectivity index (χ3v) is 3.36. The van der Waals surface area contributed by atoms with E-state index < -0.39 is 0 Å². The molecule has 4 nitrogen and oxygen atoms in total. The van der Waals surface area contributed by atoms with Crippen molar-refractivity contribution in [1.82, 2.24) is 5.16 Å². The average Bonchev–Trinajstić information content (AvgIpc) is 2.87. The second-order valence-corrected chi connectivity index (χ2v) is 4.82. The number of benzene rings is 1. The number of rotatable bonds is 8. The van der Waals surface area contributed by atoms with Gasteiger partial charge in [-0.25, -0.2) is 0 Å². The highest BCUT2D eigenvalue weighted by Crippen LogP contribution is 2.27. The van der Waals surface area contributed by atoms with Gasteiger partial charge in [-0.15, -0.1) is 0 Å². The van der Waals surface area contributed by atoms with Crippen LogP contribution >= 0.6 is 0 Å². The highest BCUT2D eigenvalue weighted by molar-refractivity contribution is 5.61. The molecule has 0 fully saturated rings. The first-order valence-corrected chi connectivity index (χ1v) is 7.50. The molecule has 0 bridgehead atoms. The van der Waals surface area contributed by atoms with E-state index >= 15 is 0 Å². The van der Waals surface area contributed by atoms with Crippen LogP contribution < -0.4 is 0 Å². The Morgan fingerprint density at radius 3 is 2.38 bits per heavy atom. The van der Waals surface area contributed by atoms with Crippen molar-refractivity contribution in [2.24, 2.45) is 0 Å². The molecule has 0 aliphatic rings. The smallest absolute Gasteiger partial charge is 0.170 e. The van der Waals surface area contributed by atoms with Gasteiger partial charge in [-0.2, -0.15) is 0 Å². The maximum atomic E-state index is 5.59. The van der Waals surface area contributed by atoms with Gasteiger partial charge in [-0.1, -0.05) is 35.5 Å². The van der Waals surface area contributed by atoms with E-state index in [9.17, 15) is 0 Å². The molecule has 0 aliphatic heterocycles. The minimum Gasteiger partial charge on any atom is -0.356 e. The zero-order valence-corrected chi connectivity index (χ0v) is 13.0. The molecule has 1 aromatic heterocycles. The van der Waals surface area contributed by atoms with E-state index in [-0.39, 0.29) is 6.29 Å². The van der Waals surface area contributed by atoms with Gasteiger partial charge in [0, 0.05) is 30.8 Å². The Morgan fingerprint density at radius 1 is 1.10 bits per heavy atom. The molecule has 1 aromatic carbocycles. The first-order valence-electron chi connectivity index (χ1n) is 7.50. The van der Waals surface area contributed by atoms with Crippen LogP contribution in [0.25, 0.3) is 11.3 Å². The second kappa shape index (κ2) is 7.96. The molecule has 0 unspecified atom stereocenters. The molecule has 0 radical (unpaired) electrons. The SMILES string of the molecule is CCOC(CCc1c(C)noc1-c1ccccc1)OCC. The first-order chi connectivity index (χ1) is 10.3. The lowest BCUT2D eigenvalue weighted by Crippen LogP contribution is -2.18. The van der Waals surface area contributed by atoms with Gasteiger partial charge in [0.15, 0.2) is 12.1 Å². The largest absolute Gasteiger partial charge is 0.356 e. The standard InChI is InChI=1S/C17H23NO3/c1-4-19-16(20-5-2)12-11-15-13(3)18-21-17(15)14-9-7-6-8-10-14/h6-10,16H,4-5,11-12H2,1-3H3. The molecule has 2 aromatic rings. The molecule has 1 heterocycles. The summed E-state index contributed by atoms with van der Waals surface area (Å²) < 4.78 is 16.7. The molecule has 0 spiro atoms. The van der Waals surface area contributed by atoms with Crippen molar-refractivity contribution >= 4 is 0 Å². The minimum absolute atomic E-state index is 0.169.